The number of rotatable bonds is 4. The summed E-state index contributed by atoms with van der Waals surface area (Å²) in [5, 5.41) is 1.08. The van der Waals surface area contributed by atoms with E-state index in [4.69, 9.17) is 11.6 Å². The second-order valence-electron chi connectivity index (χ2n) is 6.69. The molecule has 0 atom stereocenters. The lowest BCUT2D eigenvalue weighted by atomic mass is 9.94. The molecule has 0 radical (unpaired) electrons. The zero-order chi connectivity index (χ0) is 16.3. The highest BCUT2D eigenvalue weighted by Crippen LogP contribution is 2.22. The first kappa shape index (κ1) is 17.7. The Balaban J connectivity index is 3.15. The Bertz CT molecular complexity index is 507. The summed E-state index contributed by atoms with van der Waals surface area (Å²) in [6, 6.07) is 8.71. The molecule has 2 amide bonds. The van der Waals surface area contributed by atoms with Gasteiger partial charge in [0.15, 0.2) is 0 Å². The number of carbonyl (C=O) groups is 2. The minimum atomic E-state index is -0.829. The van der Waals surface area contributed by atoms with Crippen molar-refractivity contribution in [2.45, 2.75) is 40.2 Å². The molecule has 0 bridgehead atoms. The molecule has 0 saturated carbocycles. The molecule has 5 heteroatoms. The molecule has 0 aliphatic heterocycles. The summed E-state index contributed by atoms with van der Waals surface area (Å²) >= 11 is 5.87. The molecular formula is C16H23ClN2O2. The Morgan fingerprint density at radius 3 is 2.05 bits per heavy atom. The predicted octanol–water partition coefficient (Wildman–Crippen LogP) is 3.22. The molecule has 0 spiro atoms. The molecule has 1 aromatic carbocycles. The minimum Gasteiger partial charge on any atom is -0.272 e. The lowest BCUT2D eigenvalue weighted by Gasteiger charge is -2.34. The van der Waals surface area contributed by atoms with Crippen molar-refractivity contribution in [1.82, 2.24) is 10.4 Å². The monoisotopic (exact) mass is 310 g/mol. The van der Waals surface area contributed by atoms with Gasteiger partial charge in [-0.2, -0.15) is 0 Å². The third-order valence-electron chi connectivity index (χ3n) is 2.79. The van der Waals surface area contributed by atoms with E-state index in [1.54, 1.807) is 38.1 Å². The maximum atomic E-state index is 12.6. The quantitative estimate of drug-likeness (QED) is 0.686. The van der Waals surface area contributed by atoms with E-state index < -0.39 is 11.0 Å². The Kier molecular flexibility index (Phi) is 5.54. The van der Waals surface area contributed by atoms with Gasteiger partial charge in [0.2, 0.25) is 0 Å². The van der Waals surface area contributed by atoms with Gasteiger partial charge in [-0.25, -0.2) is 10.4 Å². The molecule has 0 aromatic heterocycles. The van der Waals surface area contributed by atoms with Crippen LogP contribution in [0.4, 0.5) is 0 Å². The third kappa shape index (κ3) is 4.83. The number of carbonyl (C=O) groups excluding carboxylic acids is 2. The van der Waals surface area contributed by atoms with Gasteiger partial charge >= 0.3 is 0 Å². The molecule has 0 unspecified atom stereocenters. The van der Waals surface area contributed by atoms with Crippen LogP contribution in [0, 0.1) is 5.41 Å². The van der Waals surface area contributed by atoms with E-state index in [2.05, 4.69) is 5.43 Å². The molecule has 1 rings (SSSR count). The average Bonchev–Trinajstić information content (AvgIpc) is 2.43. The van der Waals surface area contributed by atoms with Crippen LogP contribution in [0.15, 0.2) is 30.3 Å². The molecule has 0 heterocycles. The van der Waals surface area contributed by atoms with Crippen LogP contribution >= 0.6 is 11.6 Å². The summed E-state index contributed by atoms with van der Waals surface area (Å²) in [6.45, 7) is 9.10. The number of halogens is 1. The SMILES string of the molecule is CC(C)(C)NN(C(=O)c1ccccc1)C(=O)C(C)(C)CCl. The van der Waals surface area contributed by atoms with Crippen molar-refractivity contribution in [3.63, 3.8) is 0 Å². The van der Waals surface area contributed by atoms with Crippen LogP contribution in [0.5, 0.6) is 0 Å². The van der Waals surface area contributed by atoms with E-state index in [9.17, 15) is 9.59 Å². The molecule has 0 fully saturated rings. The molecule has 1 N–H and O–H groups in total. The summed E-state index contributed by atoms with van der Waals surface area (Å²) in [6.07, 6.45) is 0. The van der Waals surface area contributed by atoms with E-state index in [1.165, 1.54) is 0 Å². The van der Waals surface area contributed by atoms with Crippen LogP contribution in [0.25, 0.3) is 0 Å². The fourth-order valence-corrected chi connectivity index (χ4v) is 1.71. The normalized spacial score (nSPS) is 12.1. The molecular weight excluding hydrogens is 288 g/mol. The lowest BCUT2D eigenvalue weighted by Crippen LogP contribution is -2.58. The van der Waals surface area contributed by atoms with Gasteiger partial charge in [0.1, 0.15) is 0 Å². The Labute approximate surface area is 131 Å². The number of hydrogen-bond acceptors (Lipinski definition) is 3. The van der Waals surface area contributed by atoms with E-state index in [-0.39, 0.29) is 17.7 Å². The number of nitrogens with zero attached hydrogens (tertiary/aromatic N) is 1. The number of nitrogens with one attached hydrogen (secondary N) is 1. The molecule has 0 aliphatic rings. The van der Waals surface area contributed by atoms with Crippen molar-refractivity contribution in [1.29, 1.82) is 0 Å². The van der Waals surface area contributed by atoms with Crippen molar-refractivity contribution < 1.29 is 9.59 Å². The zero-order valence-corrected chi connectivity index (χ0v) is 14.0. The topological polar surface area (TPSA) is 49.4 Å². The molecule has 116 valence electrons. The predicted molar refractivity (Wildman–Crippen MR) is 85.0 cm³/mol. The van der Waals surface area contributed by atoms with Gasteiger partial charge < -0.3 is 0 Å². The first-order valence-corrected chi connectivity index (χ1v) is 7.40. The average molecular weight is 311 g/mol. The van der Waals surface area contributed by atoms with Gasteiger partial charge in [-0.3, -0.25) is 9.59 Å². The van der Waals surface area contributed by atoms with Crippen LogP contribution in [-0.2, 0) is 4.79 Å². The summed E-state index contributed by atoms with van der Waals surface area (Å²) in [5.41, 5.74) is 2.16. The number of hydrogen-bond donors (Lipinski definition) is 1. The number of imide groups is 1. The maximum absolute atomic E-state index is 12.6. The van der Waals surface area contributed by atoms with Crippen molar-refractivity contribution in [2.24, 2.45) is 5.41 Å². The van der Waals surface area contributed by atoms with Gasteiger partial charge in [0.25, 0.3) is 11.8 Å². The molecule has 0 aliphatic carbocycles. The number of alkyl halides is 1. The number of benzene rings is 1. The summed E-state index contributed by atoms with van der Waals surface area (Å²) in [4.78, 5) is 25.3. The Morgan fingerprint density at radius 1 is 1.10 bits per heavy atom. The van der Waals surface area contributed by atoms with Crippen LogP contribution in [-0.4, -0.2) is 28.2 Å². The lowest BCUT2D eigenvalue weighted by molar-refractivity contribution is -0.140. The van der Waals surface area contributed by atoms with E-state index in [0.717, 1.165) is 5.01 Å². The van der Waals surface area contributed by atoms with Crippen LogP contribution < -0.4 is 5.43 Å². The Hall–Kier alpha value is -1.39. The van der Waals surface area contributed by atoms with Crippen molar-refractivity contribution >= 4 is 23.4 Å². The van der Waals surface area contributed by atoms with Crippen LogP contribution in [0.3, 0.4) is 0 Å². The van der Waals surface area contributed by atoms with Gasteiger partial charge in [-0.15, -0.1) is 11.6 Å². The number of amides is 2. The summed E-state index contributed by atoms with van der Waals surface area (Å²) in [7, 11) is 0. The standard InChI is InChI=1S/C16H23ClN2O2/c1-15(2,3)18-19(14(21)16(4,5)11-17)13(20)12-9-7-6-8-10-12/h6-10,18H,11H2,1-5H3. The fraction of sp³-hybridized carbons (Fsp3) is 0.500. The van der Waals surface area contributed by atoms with Crippen molar-refractivity contribution in [3.8, 4) is 0 Å². The fourth-order valence-electron chi connectivity index (χ4n) is 1.60. The largest absolute Gasteiger partial charge is 0.275 e. The first-order valence-electron chi connectivity index (χ1n) is 6.86. The van der Waals surface area contributed by atoms with E-state index >= 15 is 0 Å². The van der Waals surface area contributed by atoms with E-state index in [1.807, 2.05) is 26.8 Å². The van der Waals surface area contributed by atoms with Gasteiger partial charge in [-0.05, 0) is 46.8 Å². The summed E-state index contributed by atoms with van der Waals surface area (Å²) in [5.74, 6) is -0.592. The maximum Gasteiger partial charge on any atom is 0.275 e. The summed E-state index contributed by atoms with van der Waals surface area (Å²) < 4.78 is 0. The number of hydrazine groups is 1. The molecule has 0 saturated heterocycles. The second kappa shape index (κ2) is 6.58. The van der Waals surface area contributed by atoms with E-state index in [0.29, 0.717) is 5.56 Å². The minimum absolute atomic E-state index is 0.135. The molecule has 1 aromatic rings. The van der Waals surface area contributed by atoms with Crippen LogP contribution in [0.2, 0.25) is 0 Å². The van der Waals surface area contributed by atoms with Gasteiger partial charge in [0, 0.05) is 17.0 Å². The smallest absolute Gasteiger partial charge is 0.272 e. The molecule has 4 nitrogen and oxygen atoms in total. The zero-order valence-electron chi connectivity index (χ0n) is 13.2. The molecule has 21 heavy (non-hydrogen) atoms. The van der Waals surface area contributed by atoms with Gasteiger partial charge in [0.05, 0.1) is 5.41 Å². The van der Waals surface area contributed by atoms with Crippen LogP contribution in [0.1, 0.15) is 45.0 Å². The van der Waals surface area contributed by atoms with Crippen molar-refractivity contribution in [3.05, 3.63) is 35.9 Å². The highest BCUT2D eigenvalue weighted by molar-refractivity contribution is 6.20. The highest BCUT2D eigenvalue weighted by Gasteiger charge is 2.36. The third-order valence-corrected chi connectivity index (χ3v) is 3.46. The second-order valence-corrected chi connectivity index (χ2v) is 6.96. The van der Waals surface area contributed by atoms with Crippen molar-refractivity contribution in [2.75, 3.05) is 5.88 Å². The Morgan fingerprint density at radius 2 is 1.62 bits per heavy atom. The highest BCUT2D eigenvalue weighted by atomic mass is 35.5. The first-order chi connectivity index (χ1) is 9.58. The van der Waals surface area contributed by atoms with Gasteiger partial charge in [-0.1, -0.05) is 18.2 Å².